The Morgan fingerprint density at radius 1 is 1.14 bits per heavy atom. The number of aliphatic hydroxyl groups excluding tert-OH is 1. The third kappa shape index (κ3) is 4.35. The molecule has 2 amide bonds. The summed E-state index contributed by atoms with van der Waals surface area (Å²) in [5.74, 6) is 0. The van der Waals surface area contributed by atoms with Crippen LogP contribution in [-0.4, -0.2) is 46.3 Å². The van der Waals surface area contributed by atoms with E-state index in [2.05, 4.69) is 0 Å². The lowest BCUT2D eigenvalue weighted by Gasteiger charge is -2.45. The first-order chi connectivity index (χ1) is 13.7. The summed E-state index contributed by atoms with van der Waals surface area (Å²) >= 11 is 19.8. The minimum Gasteiger partial charge on any atom is -0.394 e. The molecule has 29 heavy (non-hydrogen) atoms. The van der Waals surface area contributed by atoms with Crippen molar-refractivity contribution in [3.05, 3.63) is 69.7 Å². The van der Waals surface area contributed by atoms with Crippen LogP contribution in [0.2, 0.25) is 10.0 Å². The summed E-state index contributed by atoms with van der Waals surface area (Å²) in [6, 6.07) is 13.7. The average Bonchev–Trinajstić information content (AvgIpc) is 2.67. The quantitative estimate of drug-likeness (QED) is 0.475. The monoisotopic (exact) mass is 456 g/mol. The van der Waals surface area contributed by atoms with Gasteiger partial charge >= 0.3 is 6.03 Å². The second-order valence-electron chi connectivity index (χ2n) is 7.54. The Balaban J connectivity index is 2.12. The second-order valence-corrected chi connectivity index (χ2v) is 8.86. The number of aliphatic hydroxyl groups is 1. The Kier molecular flexibility index (Phi) is 6.66. The zero-order valence-electron chi connectivity index (χ0n) is 16.2. The van der Waals surface area contributed by atoms with Gasteiger partial charge in [-0.2, -0.15) is 5.06 Å². The SMILES string of the molecule is CC(C)(CO)N(OC(Cl)(c1ccccc1)c1cccc(Cl)c1Cl)C(=O)N1CCC1. The van der Waals surface area contributed by atoms with Gasteiger partial charge in [-0.25, -0.2) is 9.63 Å². The summed E-state index contributed by atoms with van der Waals surface area (Å²) in [4.78, 5) is 21.0. The molecule has 0 aliphatic carbocycles. The van der Waals surface area contributed by atoms with Crippen molar-refractivity contribution in [2.45, 2.75) is 30.9 Å². The Morgan fingerprint density at radius 2 is 1.79 bits per heavy atom. The first-order valence-electron chi connectivity index (χ1n) is 9.29. The molecule has 3 rings (SSSR count). The van der Waals surface area contributed by atoms with Crippen molar-refractivity contribution in [1.29, 1.82) is 0 Å². The van der Waals surface area contributed by atoms with Crippen LogP contribution in [0.5, 0.6) is 0 Å². The molecule has 2 aromatic carbocycles. The maximum atomic E-state index is 13.1. The number of rotatable bonds is 6. The number of alkyl halides is 1. The van der Waals surface area contributed by atoms with Crippen molar-refractivity contribution in [2.24, 2.45) is 0 Å². The van der Waals surface area contributed by atoms with Gasteiger partial charge in [0.2, 0.25) is 5.06 Å². The van der Waals surface area contributed by atoms with Crippen molar-refractivity contribution >= 4 is 40.8 Å². The number of nitrogens with zero attached hydrogens (tertiary/aromatic N) is 2. The van der Waals surface area contributed by atoms with E-state index in [4.69, 9.17) is 39.6 Å². The summed E-state index contributed by atoms with van der Waals surface area (Å²) in [7, 11) is 0. The van der Waals surface area contributed by atoms with Crippen molar-refractivity contribution in [3.8, 4) is 0 Å². The number of amides is 2. The fraction of sp³-hybridized carbons (Fsp3) is 0.381. The zero-order valence-corrected chi connectivity index (χ0v) is 18.5. The number of halogens is 3. The fourth-order valence-corrected chi connectivity index (χ4v) is 3.74. The fourth-order valence-electron chi connectivity index (χ4n) is 2.91. The number of likely N-dealkylation sites (tertiary alicyclic amines) is 1. The summed E-state index contributed by atoms with van der Waals surface area (Å²) in [5, 5.41) is 9.98. The van der Waals surface area contributed by atoms with Crippen molar-refractivity contribution < 1.29 is 14.7 Å². The number of benzene rings is 2. The molecule has 1 heterocycles. The van der Waals surface area contributed by atoms with Gasteiger partial charge in [0.15, 0.2) is 0 Å². The van der Waals surface area contributed by atoms with Crippen LogP contribution < -0.4 is 0 Å². The molecule has 0 bridgehead atoms. The first kappa shape index (κ1) is 22.2. The van der Waals surface area contributed by atoms with E-state index < -0.39 is 10.6 Å². The number of hydrogen-bond acceptors (Lipinski definition) is 3. The van der Waals surface area contributed by atoms with E-state index in [0.717, 1.165) is 11.5 Å². The first-order valence-corrected chi connectivity index (χ1v) is 10.4. The highest BCUT2D eigenvalue weighted by atomic mass is 35.5. The molecule has 5 nitrogen and oxygen atoms in total. The topological polar surface area (TPSA) is 53.0 Å². The summed E-state index contributed by atoms with van der Waals surface area (Å²) < 4.78 is 0. The molecule has 1 aliphatic heterocycles. The number of hydrogen-bond donors (Lipinski definition) is 1. The van der Waals surface area contributed by atoms with E-state index in [0.29, 0.717) is 29.2 Å². The normalized spacial score (nSPS) is 16.1. The molecule has 0 saturated carbocycles. The number of urea groups is 1. The van der Waals surface area contributed by atoms with Crippen LogP contribution in [0.15, 0.2) is 48.5 Å². The molecule has 2 aromatic rings. The van der Waals surface area contributed by atoms with Gasteiger partial charge < -0.3 is 10.0 Å². The van der Waals surface area contributed by atoms with Crippen LogP contribution in [0.1, 0.15) is 31.4 Å². The van der Waals surface area contributed by atoms with Gasteiger partial charge in [0.05, 0.1) is 22.2 Å². The minimum atomic E-state index is -1.64. The van der Waals surface area contributed by atoms with Crippen LogP contribution in [0, 0.1) is 0 Å². The molecule has 1 saturated heterocycles. The molecule has 1 aliphatic rings. The average molecular weight is 458 g/mol. The predicted molar refractivity (Wildman–Crippen MR) is 115 cm³/mol. The highest BCUT2D eigenvalue weighted by molar-refractivity contribution is 6.43. The Hall–Kier alpha value is -1.50. The lowest BCUT2D eigenvalue weighted by atomic mass is 10.0. The third-order valence-electron chi connectivity index (χ3n) is 4.90. The van der Waals surface area contributed by atoms with Crippen LogP contribution in [0.3, 0.4) is 0 Å². The van der Waals surface area contributed by atoms with Crippen LogP contribution in [0.4, 0.5) is 4.79 Å². The maximum Gasteiger partial charge on any atom is 0.344 e. The van der Waals surface area contributed by atoms with Crippen molar-refractivity contribution in [1.82, 2.24) is 9.96 Å². The number of hydroxylamine groups is 2. The number of carbonyl (C=O) groups excluding carboxylic acids is 1. The molecule has 8 heteroatoms. The Labute approximate surface area is 185 Å². The van der Waals surface area contributed by atoms with Gasteiger partial charge in [0.1, 0.15) is 0 Å². The van der Waals surface area contributed by atoms with Crippen molar-refractivity contribution in [2.75, 3.05) is 19.7 Å². The van der Waals surface area contributed by atoms with Gasteiger partial charge in [-0.15, -0.1) is 0 Å². The van der Waals surface area contributed by atoms with E-state index >= 15 is 0 Å². The van der Waals surface area contributed by atoms with Crippen molar-refractivity contribution in [3.63, 3.8) is 0 Å². The van der Waals surface area contributed by atoms with E-state index in [-0.39, 0.29) is 17.7 Å². The lowest BCUT2D eigenvalue weighted by Crippen LogP contribution is -2.59. The Morgan fingerprint density at radius 3 is 2.34 bits per heavy atom. The van der Waals surface area contributed by atoms with Gasteiger partial charge in [0.25, 0.3) is 0 Å². The smallest absolute Gasteiger partial charge is 0.344 e. The molecular weight excluding hydrogens is 435 g/mol. The molecule has 1 N–H and O–H groups in total. The summed E-state index contributed by atoms with van der Waals surface area (Å²) in [5.41, 5.74) is -0.0669. The summed E-state index contributed by atoms with van der Waals surface area (Å²) in [6.07, 6.45) is 0.921. The minimum absolute atomic E-state index is 0.228. The van der Waals surface area contributed by atoms with Gasteiger partial charge in [-0.3, -0.25) is 0 Å². The zero-order chi connectivity index (χ0) is 21.2. The molecule has 0 aromatic heterocycles. The molecule has 1 atom stereocenters. The van der Waals surface area contributed by atoms with E-state index in [9.17, 15) is 9.90 Å². The molecular formula is C21H23Cl3N2O3. The third-order valence-corrected chi connectivity index (χ3v) is 6.21. The predicted octanol–water partition coefficient (Wildman–Crippen LogP) is 5.26. The molecule has 0 radical (unpaired) electrons. The molecule has 0 spiro atoms. The molecule has 156 valence electrons. The van der Waals surface area contributed by atoms with Gasteiger partial charge in [-0.05, 0) is 26.3 Å². The van der Waals surface area contributed by atoms with E-state index in [1.807, 2.05) is 18.2 Å². The standard InChI is InChI=1S/C21H23Cl3N2O3/c1-20(2,14-27)26(19(28)25-12-7-13-25)29-21(24,15-8-4-3-5-9-15)16-10-6-11-17(22)18(16)23/h3-6,8-11,27H,7,12-14H2,1-2H3. The van der Waals surface area contributed by atoms with Gasteiger partial charge in [-0.1, -0.05) is 77.3 Å². The highest BCUT2D eigenvalue weighted by Gasteiger charge is 2.45. The molecule has 1 unspecified atom stereocenters. The lowest BCUT2D eigenvalue weighted by molar-refractivity contribution is -0.228. The summed E-state index contributed by atoms with van der Waals surface area (Å²) in [6.45, 7) is 4.33. The van der Waals surface area contributed by atoms with Crippen LogP contribution >= 0.6 is 34.8 Å². The van der Waals surface area contributed by atoms with E-state index in [1.54, 1.807) is 49.1 Å². The van der Waals surface area contributed by atoms with Crippen LogP contribution in [0.25, 0.3) is 0 Å². The largest absolute Gasteiger partial charge is 0.394 e. The van der Waals surface area contributed by atoms with Crippen LogP contribution in [-0.2, 0) is 9.90 Å². The van der Waals surface area contributed by atoms with E-state index in [1.165, 1.54) is 0 Å². The Bertz CT molecular complexity index is 875. The maximum absolute atomic E-state index is 13.1. The second kappa shape index (κ2) is 8.70. The van der Waals surface area contributed by atoms with Gasteiger partial charge in [0, 0.05) is 24.2 Å². The molecule has 1 fully saturated rings. The highest BCUT2D eigenvalue weighted by Crippen LogP contribution is 2.45. The number of carbonyl (C=O) groups is 1.